The average molecular weight is 599 g/mol. The Balaban J connectivity index is 0.000000168. The molecule has 0 spiro atoms. The molecule has 0 N–H and O–H groups in total. The van der Waals surface area contributed by atoms with Gasteiger partial charge in [0.15, 0.2) is 0 Å². The third-order valence-corrected chi connectivity index (χ3v) is 8.58. The van der Waals surface area contributed by atoms with Crippen LogP contribution in [0.1, 0.15) is 63.0 Å². The van der Waals surface area contributed by atoms with E-state index in [-0.39, 0.29) is 11.8 Å². The minimum Gasteiger partial charge on any atom is -0.274 e. The molecule has 0 fully saturated rings. The Morgan fingerprint density at radius 3 is 1.76 bits per heavy atom. The van der Waals surface area contributed by atoms with Gasteiger partial charge in [0.2, 0.25) is 11.8 Å². The van der Waals surface area contributed by atoms with Crippen LogP contribution in [0.2, 0.25) is 0 Å². The largest absolute Gasteiger partial charge is 0.274 e. The molecule has 0 aliphatic carbocycles. The van der Waals surface area contributed by atoms with E-state index < -0.39 is 0 Å². The molecule has 216 valence electrons. The van der Waals surface area contributed by atoms with Crippen molar-refractivity contribution in [3.05, 3.63) is 72.5 Å². The van der Waals surface area contributed by atoms with Crippen molar-refractivity contribution < 1.29 is 9.59 Å². The van der Waals surface area contributed by atoms with Gasteiger partial charge < -0.3 is 0 Å². The number of thiazole rings is 2. The number of benzene rings is 2. The molecule has 0 aliphatic rings. The van der Waals surface area contributed by atoms with Gasteiger partial charge in [-0.25, -0.2) is 9.97 Å². The average Bonchev–Trinajstić information content (AvgIpc) is 3.80. The Morgan fingerprint density at radius 2 is 1.21 bits per heavy atom. The van der Waals surface area contributed by atoms with E-state index in [2.05, 4.69) is 47.6 Å². The lowest BCUT2D eigenvalue weighted by molar-refractivity contribution is 0.0891. The van der Waals surface area contributed by atoms with Gasteiger partial charge in [-0.2, -0.15) is 0 Å². The molecule has 10 heteroatoms. The normalized spacial score (nSPS) is 11.4. The predicted octanol–water partition coefficient (Wildman–Crippen LogP) is 8.47. The number of nitrogens with zero attached hydrogens (tertiary/aromatic N) is 6. The standard InChI is InChI=1S/2C16H17N3OS/c1-11(2)3-6-16(20)19-9-18-13-7-12(4-5-14(13)19)15-8-17-10-21-15;1-11(2)3-6-16(20)19-9-18-13-5-4-12(7-14(13)19)15-8-17-10-21-15/h2*4-5,7-11H,3,6H2,1-2H3. The minimum absolute atomic E-state index is 0.104. The van der Waals surface area contributed by atoms with Crippen LogP contribution in [0.3, 0.4) is 0 Å². The van der Waals surface area contributed by atoms with Gasteiger partial charge in [-0.3, -0.25) is 28.7 Å². The summed E-state index contributed by atoms with van der Waals surface area (Å²) in [6, 6.07) is 12.0. The number of fused-ring (bicyclic) bond motifs is 2. The van der Waals surface area contributed by atoms with Gasteiger partial charge in [0.25, 0.3) is 0 Å². The molecule has 0 atom stereocenters. The van der Waals surface area contributed by atoms with E-state index in [0.717, 1.165) is 55.8 Å². The smallest absolute Gasteiger partial charge is 0.232 e. The molecule has 6 rings (SSSR count). The molecule has 4 aromatic heterocycles. The van der Waals surface area contributed by atoms with Crippen LogP contribution in [0.4, 0.5) is 0 Å². The highest BCUT2D eigenvalue weighted by atomic mass is 32.1. The summed E-state index contributed by atoms with van der Waals surface area (Å²) in [5, 5.41) is 0. The van der Waals surface area contributed by atoms with Crippen LogP contribution in [0.5, 0.6) is 0 Å². The van der Waals surface area contributed by atoms with E-state index in [4.69, 9.17) is 0 Å². The summed E-state index contributed by atoms with van der Waals surface area (Å²) in [5.41, 5.74) is 9.22. The number of carbonyl (C=O) groups excluding carboxylic acids is 2. The summed E-state index contributed by atoms with van der Waals surface area (Å²) >= 11 is 3.19. The van der Waals surface area contributed by atoms with Gasteiger partial charge in [0, 0.05) is 25.2 Å². The first-order valence-electron chi connectivity index (χ1n) is 14.1. The summed E-state index contributed by atoms with van der Waals surface area (Å²) < 4.78 is 3.33. The van der Waals surface area contributed by atoms with Crippen LogP contribution in [-0.2, 0) is 0 Å². The van der Waals surface area contributed by atoms with E-state index in [0.29, 0.717) is 24.7 Å². The van der Waals surface area contributed by atoms with Crippen molar-refractivity contribution in [2.75, 3.05) is 0 Å². The predicted molar refractivity (Wildman–Crippen MR) is 171 cm³/mol. The zero-order valence-corrected chi connectivity index (χ0v) is 25.9. The Kier molecular flexibility index (Phi) is 9.34. The first-order valence-corrected chi connectivity index (χ1v) is 15.8. The monoisotopic (exact) mass is 598 g/mol. The highest BCUT2D eigenvalue weighted by molar-refractivity contribution is 7.13. The molecule has 0 bridgehead atoms. The van der Waals surface area contributed by atoms with Crippen LogP contribution in [0.15, 0.2) is 72.5 Å². The molecule has 0 saturated carbocycles. The van der Waals surface area contributed by atoms with Crippen molar-refractivity contribution in [3.8, 4) is 20.9 Å². The van der Waals surface area contributed by atoms with Crippen LogP contribution in [0.25, 0.3) is 42.9 Å². The maximum atomic E-state index is 12.3. The summed E-state index contributed by atoms with van der Waals surface area (Å²) in [6.07, 6.45) is 9.84. The number of hydrogen-bond donors (Lipinski definition) is 0. The lowest BCUT2D eigenvalue weighted by Gasteiger charge is -2.06. The highest BCUT2D eigenvalue weighted by Crippen LogP contribution is 2.28. The van der Waals surface area contributed by atoms with Crippen LogP contribution < -0.4 is 0 Å². The quantitative estimate of drug-likeness (QED) is 0.174. The van der Waals surface area contributed by atoms with E-state index in [1.54, 1.807) is 44.5 Å². The zero-order valence-electron chi connectivity index (χ0n) is 24.2. The van der Waals surface area contributed by atoms with Gasteiger partial charge >= 0.3 is 0 Å². The van der Waals surface area contributed by atoms with Gasteiger partial charge in [-0.05, 0) is 60.1 Å². The van der Waals surface area contributed by atoms with Gasteiger partial charge in [-0.1, -0.05) is 39.8 Å². The first kappa shape index (κ1) is 29.5. The molecule has 8 nitrogen and oxygen atoms in total. The molecule has 0 radical (unpaired) electrons. The van der Waals surface area contributed by atoms with Crippen molar-refractivity contribution in [1.29, 1.82) is 0 Å². The summed E-state index contributed by atoms with van der Waals surface area (Å²) in [6.45, 7) is 8.50. The SMILES string of the molecule is CC(C)CCC(=O)n1cnc2cc(-c3cncs3)ccc21.CC(C)CCC(=O)n1cnc2ccc(-c3cncs3)cc21. The Morgan fingerprint density at radius 1 is 0.690 bits per heavy atom. The second-order valence-electron chi connectivity index (χ2n) is 11.0. The lowest BCUT2D eigenvalue weighted by atomic mass is 10.1. The first-order chi connectivity index (χ1) is 20.3. The van der Waals surface area contributed by atoms with Crippen LogP contribution in [-0.4, -0.2) is 40.9 Å². The maximum Gasteiger partial charge on any atom is 0.232 e. The highest BCUT2D eigenvalue weighted by Gasteiger charge is 2.13. The number of hydrogen-bond acceptors (Lipinski definition) is 8. The number of rotatable bonds is 8. The Hall–Kier alpha value is -4.02. The van der Waals surface area contributed by atoms with E-state index in [1.807, 2.05) is 59.8 Å². The molecular weight excluding hydrogens is 565 g/mol. The molecule has 0 unspecified atom stereocenters. The lowest BCUT2D eigenvalue weighted by Crippen LogP contribution is -2.10. The van der Waals surface area contributed by atoms with Gasteiger partial charge in [-0.15, -0.1) is 22.7 Å². The van der Waals surface area contributed by atoms with Gasteiger partial charge in [0.1, 0.15) is 12.7 Å². The molecule has 0 aliphatic heterocycles. The fourth-order valence-corrected chi connectivity index (χ4v) is 5.75. The third-order valence-electron chi connectivity index (χ3n) is 6.94. The molecule has 0 amide bonds. The number of imidazole rings is 2. The topological polar surface area (TPSA) is 95.6 Å². The van der Waals surface area contributed by atoms with Crippen molar-refractivity contribution in [2.45, 2.75) is 53.4 Å². The maximum absolute atomic E-state index is 12.3. The van der Waals surface area contributed by atoms with Crippen molar-refractivity contribution in [2.24, 2.45) is 11.8 Å². The number of carbonyl (C=O) groups is 2. The third kappa shape index (κ3) is 6.88. The minimum atomic E-state index is 0.104. The summed E-state index contributed by atoms with van der Waals surface area (Å²) in [7, 11) is 0. The molecule has 6 aromatic rings. The molecule has 2 aromatic carbocycles. The van der Waals surface area contributed by atoms with E-state index in [9.17, 15) is 9.59 Å². The van der Waals surface area contributed by atoms with Crippen molar-refractivity contribution >= 4 is 56.6 Å². The fourth-order valence-electron chi connectivity index (χ4n) is 4.51. The molecule has 4 heterocycles. The summed E-state index contributed by atoms with van der Waals surface area (Å²) in [4.78, 5) is 43.7. The van der Waals surface area contributed by atoms with E-state index in [1.165, 1.54) is 0 Å². The number of aromatic nitrogens is 6. The van der Waals surface area contributed by atoms with Crippen molar-refractivity contribution in [1.82, 2.24) is 29.1 Å². The summed E-state index contributed by atoms with van der Waals surface area (Å²) in [5.74, 6) is 1.27. The second kappa shape index (κ2) is 13.3. The molecule has 42 heavy (non-hydrogen) atoms. The molecule has 0 saturated heterocycles. The van der Waals surface area contributed by atoms with Gasteiger partial charge in [0.05, 0.1) is 42.8 Å². The second-order valence-corrected chi connectivity index (χ2v) is 12.8. The van der Waals surface area contributed by atoms with E-state index >= 15 is 0 Å². The Bertz CT molecular complexity index is 1780. The van der Waals surface area contributed by atoms with Crippen LogP contribution in [0, 0.1) is 11.8 Å². The zero-order chi connectivity index (χ0) is 29.6. The van der Waals surface area contributed by atoms with Crippen molar-refractivity contribution in [3.63, 3.8) is 0 Å². The van der Waals surface area contributed by atoms with Crippen LogP contribution >= 0.6 is 22.7 Å². The fraction of sp³-hybridized carbons (Fsp3) is 0.312. The molecular formula is C32H34N6O2S2. The Labute approximate surface area is 253 Å².